The first-order valence-electron chi connectivity index (χ1n) is 5.75. The van der Waals surface area contributed by atoms with Crippen LogP contribution in [0.4, 0.5) is 17.2 Å². The number of rotatable bonds is 6. The number of nitrogen functional groups attached to an aromatic ring is 1. The average molecular weight is 269 g/mol. The zero-order chi connectivity index (χ0) is 14.6. The predicted octanol–water partition coefficient (Wildman–Crippen LogP) is 0.863. The molecule has 0 aliphatic carbocycles. The van der Waals surface area contributed by atoms with Gasteiger partial charge in [0.15, 0.2) is 0 Å². The van der Waals surface area contributed by atoms with E-state index in [1.54, 1.807) is 6.92 Å². The van der Waals surface area contributed by atoms with E-state index in [0.29, 0.717) is 12.1 Å². The number of hydrogen-bond donors (Lipinski definition) is 2. The number of methoxy groups -OCH3 is 1. The first-order valence-corrected chi connectivity index (χ1v) is 5.75. The largest absolute Gasteiger partial charge is 0.479 e. The highest BCUT2D eigenvalue weighted by atomic mass is 16.6. The van der Waals surface area contributed by atoms with Gasteiger partial charge in [-0.25, -0.2) is 0 Å². The van der Waals surface area contributed by atoms with Crippen LogP contribution in [0.2, 0.25) is 0 Å². The van der Waals surface area contributed by atoms with Crippen molar-refractivity contribution in [2.24, 2.45) is 0 Å². The van der Waals surface area contributed by atoms with Crippen molar-refractivity contribution in [3.63, 3.8) is 0 Å². The molecule has 0 unspecified atom stereocenters. The maximum atomic E-state index is 11.1. The molecule has 0 aliphatic heterocycles. The summed E-state index contributed by atoms with van der Waals surface area (Å²) in [6, 6.07) is 0. The Hall–Kier alpha value is -2.09. The van der Waals surface area contributed by atoms with E-state index >= 15 is 0 Å². The molecule has 0 spiro atoms. The highest BCUT2D eigenvalue weighted by Crippen LogP contribution is 2.35. The number of hydrogen-bond acceptors (Lipinski definition) is 7. The maximum Gasteiger partial charge on any atom is 0.316 e. The van der Waals surface area contributed by atoms with Crippen LogP contribution in [0.15, 0.2) is 0 Å². The molecule has 8 nitrogen and oxygen atoms in total. The van der Waals surface area contributed by atoms with E-state index in [9.17, 15) is 10.1 Å². The van der Waals surface area contributed by atoms with Gasteiger partial charge in [-0.05, 0) is 21.0 Å². The van der Waals surface area contributed by atoms with E-state index < -0.39 is 4.92 Å². The lowest BCUT2D eigenvalue weighted by atomic mass is 10.2. The van der Waals surface area contributed by atoms with Gasteiger partial charge in [-0.2, -0.15) is 4.98 Å². The lowest BCUT2D eigenvalue weighted by Crippen LogP contribution is -2.22. The van der Waals surface area contributed by atoms with Crippen molar-refractivity contribution in [3.05, 3.63) is 15.7 Å². The maximum absolute atomic E-state index is 11.1. The lowest BCUT2D eigenvalue weighted by Gasteiger charge is -2.14. The number of nitrogens with one attached hydrogen (secondary N) is 1. The molecule has 19 heavy (non-hydrogen) atoms. The van der Waals surface area contributed by atoms with E-state index in [2.05, 4.69) is 10.3 Å². The normalized spacial score (nSPS) is 10.6. The number of pyridine rings is 1. The predicted molar refractivity (Wildman–Crippen MR) is 73.6 cm³/mol. The number of likely N-dealkylation sites (N-methyl/N-ethyl adjacent to an activating group) is 1. The van der Waals surface area contributed by atoms with Crippen LogP contribution in [0.1, 0.15) is 5.56 Å². The molecule has 0 atom stereocenters. The summed E-state index contributed by atoms with van der Waals surface area (Å²) >= 11 is 0. The Morgan fingerprint density at radius 2 is 2.16 bits per heavy atom. The Bertz CT molecular complexity index is 476. The standard InChI is InChI=1S/C11H19N5O3/c1-7-8(12)11(19-4)14-10(9(7)16(17)18)13-5-6-15(2)3/h5-6,12H2,1-4H3,(H,13,14). The summed E-state index contributed by atoms with van der Waals surface area (Å²) in [6.45, 7) is 2.84. The minimum atomic E-state index is -0.490. The molecular formula is C11H19N5O3. The van der Waals surface area contributed by atoms with Crippen molar-refractivity contribution in [3.8, 4) is 5.88 Å². The van der Waals surface area contributed by atoms with Gasteiger partial charge in [0, 0.05) is 13.1 Å². The van der Waals surface area contributed by atoms with Gasteiger partial charge in [0.25, 0.3) is 0 Å². The third-order valence-corrected chi connectivity index (χ3v) is 2.65. The van der Waals surface area contributed by atoms with Gasteiger partial charge in [-0.3, -0.25) is 10.1 Å². The third kappa shape index (κ3) is 3.44. The van der Waals surface area contributed by atoms with Gasteiger partial charge in [-0.1, -0.05) is 0 Å². The molecule has 1 heterocycles. The number of aromatic nitrogens is 1. The van der Waals surface area contributed by atoms with E-state index in [4.69, 9.17) is 10.5 Å². The fourth-order valence-corrected chi connectivity index (χ4v) is 1.58. The molecule has 1 rings (SSSR count). The van der Waals surface area contributed by atoms with Crippen LogP contribution in [0, 0.1) is 17.0 Å². The Labute approximate surface area is 111 Å². The fourth-order valence-electron chi connectivity index (χ4n) is 1.58. The van der Waals surface area contributed by atoms with E-state index in [0.717, 1.165) is 6.54 Å². The third-order valence-electron chi connectivity index (χ3n) is 2.65. The molecule has 106 valence electrons. The highest BCUT2D eigenvalue weighted by molar-refractivity contribution is 5.72. The summed E-state index contributed by atoms with van der Waals surface area (Å²) in [6.07, 6.45) is 0. The Balaban J connectivity index is 3.12. The topological polar surface area (TPSA) is 107 Å². The summed E-state index contributed by atoms with van der Waals surface area (Å²) in [5.41, 5.74) is 6.17. The van der Waals surface area contributed by atoms with Gasteiger partial charge in [-0.15, -0.1) is 0 Å². The molecule has 0 radical (unpaired) electrons. The summed E-state index contributed by atoms with van der Waals surface area (Å²) in [5.74, 6) is 0.367. The minimum Gasteiger partial charge on any atom is -0.479 e. The van der Waals surface area contributed by atoms with Crippen LogP contribution in [-0.4, -0.2) is 49.1 Å². The average Bonchev–Trinajstić information content (AvgIpc) is 2.32. The van der Waals surface area contributed by atoms with Gasteiger partial charge >= 0.3 is 5.69 Å². The number of nitrogens with zero attached hydrogens (tertiary/aromatic N) is 3. The molecule has 3 N–H and O–H groups in total. The summed E-state index contributed by atoms with van der Waals surface area (Å²) in [5, 5.41) is 14.0. The molecule has 1 aromatic heterocycles. The van der Waals surface area contributed by atoms with Crippen LogP contribution in [0.5, 0.6) is 5.88 Å². The molecule has 0 aliphatic rings. The molecule has 0 fully saturated rings. The van der Waals surface area contributed by atoms with Crippen LogP contribution in [0.3, 0.4) is 0 Å². The second kappa shape index (κ2) is 6.19. The van der Waals surface area contributed by atoms with Crippen LogP contribution >= 0.6 is 0 Å². The molecule has 0 saturated carbocycles. The van der Waals surface area contributed by atoms with Crippen molar-refractivity contribution in [2.75, 3.05) is 45.3 Å². The zero-order valence-electron chi connectivity index (χ0n) is 11.6. The molecule has 0 saturated heterocycles. The van der Waals surface area contributed by atoms with Gasteiger partial charge < -0.3 is 20.7 Å². The van der Waals surface area contributed by atoms with Crippen LogP contribution in [-0.2, 0) is 0 Å². The molecule has 0 bridgehead atoms. The zero-order valence-corrected chi connectivity index (χ0v) is 11.6. The van der Waals surface area contributed by atoms with Crippen LogP contribution < -0.4 is 15.8 Å². The van der Waals surface area contributed by atoms with Crippen molar-refractivity contribution < 1.29 is 9.66 Å². The van der Waals surface area contributed by atoms with E-state index in [1.165, 1.54) is 7.11 Å². The summed E-state index contributed by atoms with van der Waals surface area (Å²) in [7, 11) is 5.25. The second-order valence-electron chi connectivity index (χ2n) is 4.34. The van der Waals surface area contributed by atoms with Crippen molar-refractivity contribution >= 4 is 17.2 Å². The van der Waals surface area contributed by atoms with Crippen LogP contribution in [0.25, 0.3) is 0 Å². The summed E-state index contributed by atoms with van der Waals surface area (Å²) < 4.78 is 5.02. The summed E-state index contributed by atoms with van der Waals surface area (Å²) in [4.78, 5) is 16.6. The first-order chi connectivity index (χ1) is 8.88. The monoisotopic (exact) mass is 269 g/mol. The molecular weight excluding hydrogens is 250 g/mol. The highest BCUT2D eigenvalue weighted by Gasteiger charge is 2.24. The lowest BCUT2D eigenvalue weighted by molar-refractivity contribution is -0.384. The first kappa shape index (κ1) is 15.0. The second-order valence-corrected chi connectivity index (χ2v) is 4.34. The number of anilines is 2. The SMILES string of the molecule is COc1nc(NCCN(C)C)c([N+](=O)[O-])c(C)c1N. The van der Waals surface area contributed by atoms with Gasteiger partial charge in [0.1, 0.15) is 5.69 Å². The van der Waals surface area contributed by atoms with E-state index in [-0.39, 0.29) is 23.1 Å². The Kier molecular flexibility index (Phi) is 4.87. The molecule has 1 aromatic rings. The molecule has 8 heteroatoms. The number of ether oxygens (including phenoxy) is 1. The quantitative estimate of drug-likeness (QED) is 0.582. The fraction of sp³-hybridized carbons (Fsp3) is 0.545. The van der Waals surface area contributed by atoms with Gasteiger partial charge in [0.05, 0.1) is 17.6 Å². The molecule has 0 amide bonds. The Morgan fingerprint density at radius 1 is 1.53 bits per heavy atom. The number of nitro groups is 1. The number of nitrogens with two attached hydrogens (primary N) is 1. The molecule has 0 aromatic carbocycles. The minimum absolute atomic E-state index is 0.114. The van der Waals surface area contributed by atoms with Gasteiger partial charge in [0.2, 0.25) is 11.7 Å². The van der Waals surface area contributed by atoms with Crippen molar-refractivity contribution in [1.82, 2.24) is 9.88 Å². The van der Waals surface area contributed by atoms with E-state index in [1.807, 2.05) is 19.0 Å². The van der Waals surface area contributed by atoms with Crippen molar-refractivity contribution in [1.29, 1.82) is 0 Å². The van der Waals surface area contributed by atoms with Crippen molar-refractivity contribution in [2.45, 2.75) is 6.92 Å². The Morgan fingerprint density at radius 3 is 2.63 bits per heavy atom. The smallest absolute Gasteiger partial charge is 0.316 e.